The number of carbonyl (C=O) groups is 1. The first-order chi connectivity index (χ1) is 15.0. The van der Waals surface area contributed by atoms with Crippen LogP contribution in [0.25, 0.3) is 0 Å². The van der Waals surface area contributed by atoms with Crippen molar-refractivity contribution in [3.05, 3.63) is 59.2 Å². The Kier molecular flexibility index (Phi) is 8.94. The molecule has 5 heteroatoms. The molecule has 0 unspecified atom stereocenters. The van der Waals surface area contributed by atoms with Gasteiger partial charge in [-0.2, -0.15) is 4.39 Å². The topological polar surface area (TPSA) is 26.3 Å². The van der Waals surface area contributed by atoms with Gasteiger partial charge in [-0.05, 0) is 73.9 Å². The van der Waals surface area contributed by atoms with Crippen LogP contribution in [0.3, 0.4) is 0 Å². The Labute approximate surface area is 188 Å². The van der Waals surface area contributed by atoms with Crippen LogP contribution in [0, 0.1) is 17.6 Å². The zero-order chi connectivity index (χ0) is 22.2. The predicted molar refractivity (Wildman–Crippen MR) is 123 cm³/mol. The molecular weight excluding hydrogens is 414 g/mol. The van der Waals surface area contributed by atoms with Crippen molar-refractivity contribution in [1.82, 2.24) is 0 Å². The lowest BCUT2D eigenvalue weighted by Crippen LogP contribution is -2.13. The molecular formula is C26H32F2O2S. The first-order valence-electron chi connectivity index (χ1n) is 11.5. The minimum absolute atomic E-state index is 0.0311. The van der Waals surface area contributed by atoms with Gasteiger partial charge in [-0.1, -0.05) is 56.9 Å². The summed E-state index contributed by atoms with van der Waals surface area (Å²) in [5.74, 6) is -0.820. The number of benzene rings is 2. The maximum atomic E-state index is 14.3. The normalized spacial score (nSPS) is 18.7. The number of thioether (sulfide) groups is 1. The minimum atomic E-state index is -1.06. The van der Waals surface area contributed by atoms with Crippen molar-refractivity contribution in [2.75, 3.05) is 6.61 Å². The summed E-state index contributed by atoms with van der Waals surface area (Å²) in [6, 6.07) is 10.4. The summed E-state index contributed by atoms with van der Waals surface area (Å²) in [5.41, 5.74) is 1.77. The van der Waals surface area contributed by atoms with Crippen molar-refractivity contribution in [2.45, 2.75) is 76.0 Å². The second-order valence-electron chi connectivity index (χ2n) is 8.35. The van der Waals surface area contributed by atoms with E-state index in [0.717, 1.165) is 5.92 Å². The summed E-state index contributed by atoms with van der Waals surface area (Å²) in [5, 5.41) is -0.298. The molecule has 1 fully saturated rings. The quantitative estimate of drug-likeness (QED) is 0.287. The molecule has 2 aromatic carbocycles. The lowest BCUT2D eigenvalue weighted by Gasteiger charge is -2.29. The monoisotopic (exact) mass is 446 g/mol. The van der Waals surface area contributed by atoms with E-state index in [2.05, 4.69) is 6.92 Å². The van der Waals surface area contributed by atoms with E-state index in [1.807, 2.05) is 12.1 Å². The van der Waals surface area contributed by atoms with Gasteiger partial charge in [0, 0.05) is 5.56 Å². The van der Waals surface area contributed by atoms with Crippen molar-refractivity contribution in [3.8, 4) is 5.75 Å². The predicted octanol–water partition coefficient (Wildman–Crippen LogP) is 8.15. The van der Waals surface area contributed by atoms with Crippen LogP contribution in [-0.2, 0) is 0 Å². The van der Waals surface area contributed by atoms with E-state index in [1.165, 1.54) is 69.1 Å². The average Bonchev–Trinajstić information content (AvgIpc) is 2.79. The van der Waals surface area contributed by atoms with E-state index in [-0.39, 0.29) is 22.4 Å². The Balaban J connectivity index is 1.57. The van der Waals surface area contributed by atoms with Crippen molar-refractivity contribution in [1.29, 1.82) is 0 Å². The van der Waals surface area contributed by atoms with E-state index in [4.69, 9.17) is 4.74 Å². The smallest absolute Gasteiger partial charge is 0.224 e. The third-order valence-corrected chi connectivity index (χ3v) is 7.15. The SMILES string of the molecule is CCCCC[C@H]1CC[C@H](c2ccc(C(=O)Sc3ccc(OCC)c(F)c3F)cc2)CC1. The van der Waals surface area contributed by atoms with E-state index < -0.39 is 11.6 Å². The summed E-state index contributed by atoms with van der Waals surface area (Å²) < 4.78 is 33.4. The van der Waals surface area contributed by atoms with Crippen LogP contribution >= 0.6 is 11.8 Å². The van der Waals surface area contributed by atoms with Crippen LogP contribution < -0.4 is 4.74 Å². The zero-order valence-corrected chi connectivity index (χ0v) is 19.3. The van der Waals surface area contributed by atoms with Gasteiger partial charge in [0.05, 0.1) is 11.5 Å². The van der Waals surface area contributed by atoms with Gasteiger partial charge < -0.3 is 4.74 Å². The van der Waals surface area contributed by atoms with Crippen molar-refractivity contribution in [3.63, 3.8) is 0 Å². The maximum Gasteiger partial charge on any atom is 0.224 e. The molecule has 0 saturated heterocycles. The van der Waals surface area contributed by atoms with Crippen LogP contribution in [0.2, 0.25) is 0 Å². The molecule has 0 heterocycles. The highest BCUT2D eigenvalue weighted by Gasteiger charge is 2.23. The Hall–Kier alpha value is -1.88. The number of unbranched alkanes of at least 4 members (excludes halogenated alkanes) is 2. The van der Waals surface area contributed by atoms with Crippen molar-refractivity contribution in [2.24, 2.45) is 5.92 Å². The first-order valence-corrected chi connectivity index (χ1v) is 12.3. The molecule has 0 bridgehead atoms. The molecule has 0 aromatic heterocycles. The summed E-state index contributed by atoms with van der Waals surface area (Å²) in [6.07, 6.45) is 10.3. The molecule has 0 aliphatic heterocycles. The van der Waals surface area contributed by atoms with Crippen LogP contribution in [-0.4, -0.2) is 11.7 Å². The number of carbonyl (C=O) groups excluding carboxylic acids is 1. The van der Waals surface area contributed by atoms with Crippen LogP contribution in [0.5, 0.6) is 5.75 Å². The molecule has 1 saturated carbocycles. The van der Waals surface area contributed by atoms with Gasteiger partial charge in [-0.15, -0.1) is 0 Å². The molecule has 2 aromatic rings. The molecule has 1 aliphatic carbocycles. The van der Waals surface area contributed by atoms with Gasteiger partial charge in [-0.3, -0.25) is 4.79 Å². The number of hydrogen-bond acceptors (Lipinski definition) is 3. The Morgan fingerprint density at radius 2 is 1.68 bits per heavy atom. The fourth-order valence-electron chi connectivity index (χ4n) is 4.38. The van der Waals surface area contributed by atoms with Gasteiger partial charge in [0.1, 0.15) is 0 Å². The second-order valence-corrected chi connectivity index (χ2v) is 9.36. The fourth-order valence-corrected chi connectivity index (χ4v) is 5.15. The molecule has 0 atom stereocenters. The van der Waals surface area contributed by atoms with Gasteiger partial charge in [0.2, 0.25) is 10.9 Å². The highest BCUT2D eigenvalue weighted by atomic mass is 32.2. The summed E-state index contributed by atoms with van der Waals surface area (Å²) >= 11 is 0.706. The van der Waals surface area contributed by atoms with Crippen LogP contribution in [0.4, 0.5) is 8.78 Å². The molecule has 31 heavy (non-hydrogen) atoms. The molecule has 168 valence electrons. The highest BCUT2D eigenvalue weighted by Crippen LogP contribution is 2.38. The summed E-state index contributed by atoms with van der Waals surface area (Å²) in [4.78, 5) is 12.6. The van der Waals surface area contributed by atoms with E-state index in [0.29, 0.717) is 23.2 Å². The van der Waals surface area contributed by atoms with Crippen LogP contribution in [0.15, 0.2) is 41.3 Å². The molecule has 3 rings (SSSR count). The van der Waals surface area contributed by atoms with Crippen molar-refractivity contribution >= 4 is 16.9 Å². The summed E-state index contributed by atoms with van der Waals surface area (Å²) in [6.45, 7) is 4.19. The lowest BCUT2D eigenvalue weighted by molar-refractivity contribution is 0.108. The lowest BCUT2D eigenvalue weighted by atomic mass is 9.77. The van der Waals surface area contributed by atoms with Gasteiger partial charge >= 0.3 is 0 Å². The maximum absolute atomic E-state index is 14.3. The molecule has 0 radical (unpaired) electrons. The molecule has 0 N–H and O–H groups in total. The Bertz CT molecular complexity index is 858. The number of rotatable bonds is 9. The Morgan fingerprint density at radius 3 is 2.32 bits per heavy atom. The fraction of sp³-hybridized carbons (Fsp3) is 0.500. The molecule has 0 spiro atoms. The first kappa shape index (κ1) is 23.8. The number of ether oxygens (including phenoxy) is 1. The largest absolute Gasteiger partial charge is 0.491 e. The van der Waals surface area contributed by atoms with E-state index >= 15 is 0 Å². The third kappa shape index (κ3) is 6.31. The van der Waals surface area contributed by atoms with Gasteiger partial charge in [0.15, 0.2) is 11.6 Å². The molecule has 1 aliphatic rings. The van der Waals surface area contributed by atoms with Crippen LogP contribution in [0.1, 0.15) is 87.1 Å². The van der Waals surface area contributed by atoms with E-state index in [9.17, 15) is 13.6 Å². The Morgan fingerprint density at radius 1 is 0.968 bits per heavy atom. The van der Waals surface area contributed by atoms with Gasteiger partial charge in [0.25, 0.3) is 0 Å². The molecule has 0 amide bonds. The van der Waals surface area contributed by atoms with E-state index in [1.54, 1.807) is 19.1 Å². The third-order valence-electron chi connectivity index (χ3n) is 6.19. The summed E-state index contributed by atoms with van der Waals surface area (Å²) in [7, 11) is 0. The standard InChI is InChI=1S/C26H32F2O2S/c1-3-5-6-7-18-8-10-19(11-9-18)20-12-14-21(15-13-20)26(29)31-23-17-16-22(30-4-2)24(27)25(23)28/h12-19H,3-11H2,1-2H3/t18-,19-. The second kappa shape index (κ2) is 11.7. The number of halogens is 2. The highest BCUT2D eigenvalue weighted by molar-refractivity contribution is 8.14. The van der Waals surface area contributed by atoms with Crippen molar-refractivity contribution < 1.29 is 18.3 Å². The average molecular weight is 447 g/mol. The number of hydrogen-bond donors (Lipinski definition) is 0. The molecule has 2 nitrogen and oxygen atoms in total. The van der Waals surface area contributed by atoms with Gasteiger partial charge in [-0.25, -0.2) is 4.39 Å². The zero-order valence-electron chi connectivity index (χ0n) is 18.5. The minimum Gasteiger partial charge on any atom is -0.491 e.